The zero-order chi connectivity index (χ0) is 11.7. The Bertz CT molecular complexity index is 525. The molecule has 0 aliphatic heterocycles. The van der Waals surface area contributed by atoms with Crippen LogP contribution in [-0.4, -0.2) is 32.4 Å². The Labute approximate surface area is 98.9 Å². The minimum absolute atomic E-state index is 0.0788. The van der Waals surface area contributed by atoms with E-state index in [1.165, 1.54) is 0 Å². The van der Waals surface area contributed by atoms with Gasteiger partial charge in [0.15, 0.2) is 5.82 Å². The van der Waals surface area contributed by atoms with E-state index in [0.29, 0.717) is 5.82 Å². The molecule has 0 bridgehead atoms. The number of aliphatic hydroxyl groups excluding tert-OH is 1. The van der Waals surface area contributed by atoms with Crippen molar-refractivity contribution >= 4 is 16.6 Å². The van der Waals surface area contributed by atoms with Crippen molar-refractivity contribution < 1.29 is 5.11 Å². The van der Waals surface area contributed by atoms with Gasteiger partial charge in [-0.1, -0.05) is 0 Å². The van der Waals surface area contributed by atoms with Crippen LogP contribution in [0, 0.1) is 0 Å². The van der Waals surface area contributed by atoms with Gasteiger partial charge in [-0.15, -0.1) is 5.10 Å². The second-order valence-electron chi connectivity index (χ2n) is 4.41. The molecule has 5 heteroatoms. The SMILES string of the molecule is O[C@H]1CCC[C@@H]1Nc1nncc2ccncc12. The van der Waals surface area contributed by atoms with Crippen molar-refractivity contribution in [3.05, 3.63) is 24.7 Å². The minimum atomic E-state index is -0.288. The quantitative estimate of drug-likeness (QED) is 0.814. The Morgan fingerprint density at radius 1 is 1.29 bits per heavy atom. The molecule has 0 unspecified atom stereocenters. The van der Waals surface area contributed by atoms with E-state index in [9.17, 15) is 5.11 Å². The van der Waals surface area contributed by atoms with Gasteiger partial charge in [-0.2, -0.15) is 5.10 Å². The second-order valence-corrected chi connectivity index (χ2v) is 4.41. The summed E-state index contributed by atoms with van der Waals surface area (Å²) in [5, 5.41) is 23.1. The van der Waals surface area contributed by atoms with Crippen molar-refractivity contribution in [2.75, 3.05) is 5.32 Å². The maximum absolute atomic E-state index is 9.80. The number of rotatable bonds is 2. The number of nitrogens with zero attached hydrogens (tertiary/aromatic N) is 3. The van der Waals surface area contributed by atoms with E-state index in [1.54, 1.807) is 18.6 Å². The van der Waals surface area contributed by atoms with E-state index >= 15 is 0 Å². The van der Waals surface area contributed by atoms with Crippen molar-refractivity contribution in [3.8, 4) is 0 Å². The third kappa shape index (κ3) is 1.93. The van der Waals surface area contributed by atoms with Crippen molar-refractivity contribution in [2.24, 2.45) is 0 Å². The number of anilines is 1. The molecule has 0 radical (unpaired) electrons. The first kappa shape index (κ1) is 10.4. The zero-order valence-corrected chi connectivity index (χ0v) is 9.37. The summed E-state index contributed by atoms with van der Waals surface area (Å²) in [5.41, 5.74) is 0. The Morgan fingerprint density at radius 2 is 2.24 bits per heavy atom. The van der Waals surface area contributed by atoms with Gasteiger partial charge in [-0.05, 0) is 25.3 Å². The molecular weight excluding hydrogens is 216 g/mol. The molecule has 0 aromatic carbocycles. The molecule has 2 aromatic heterocycles. The number of pyridine rings is 1. The van der Waals surface area contributed by atoms with Crippen LogP contribution in [0.2, 0.25) is 0 Å². The number of hydrogen-bond acceptors (Lipinski definition) is 5. The largest absolute Gasteiger partial charge is 0.391 e. The highest BCUT2D eigenvalue weighted by molar-refractivity contribution is 5.90. The molecule has 0 saturated heterocycles. The predicted octanol–water partition coefficient (Wildman–Crippen LogP) is 1.35. The van der Waals surface area contributed by atoms with E-state index in [1.807, 2.05) is 6.07 Å². The fourth-order valence-corrected chi connectivity index (χ4v) is 2.31. The maximum Gasteiger partial charge on any atom is 0.158 e. The lowest BCUT2D eigenvalue weighted by atomic mass is 10.2. The highest BCUT2D eigenvalue weighted by Crippen LogP contribution is 2.25. The topological polar surface area (TPSA) is 70.9 Å². The molecule has 88 valence electrons. The molecule has 1 fully saturated rings. The predicted molar refractivity (Wildman–Crippen MR) is 64.6 cm³/mol. The van der Waals surface area contributed by atoms with Crippen LogP contribution in [0.3, 0.4) is 0 Å². The number of aliphatic hydroxyl groups is 1. The Kier molecular flexibility index (Phi) is 2.60. The van der Waals surface area contributed by atoms with Crippen LogP contribution >= 0.6 is 0 Å². The molecule has 5 nitrogen and oxygen atoms in total. The zero-order valence-electron chi connectivity index (χ0n) is 9.37. The average Bonchev–Trinajstić information content (AvgIpc) is 2.76. The van der Waals surface area contributed by atoms with Gasteiger partial charge in [0.05, 0.1) is 18.3 Å². The van der Waals surface area contributed by atoms with Crippen LogP contribution in [0.5, 0.6) is 0 Å². The van der Waals surface area contributed by atoms with Gasteiger partial charge in [0, 0.05) is 23.2 Å². The van der Waals surface area contributed by atoms with Gasteiger partial charge in [0.25, 0.3) is 0 Å². The standard InChI is InChI=1S/C12H14N4O/c17-11-3-1-2-10(11)15-12-9-7-13-5-4-8(9)6-14-16-12/h4-7,10-11,17H,1-3H2,(H,15,16)/t10-,11-/m0/s1. The molecule has 17 heavy (non-hydrogen) atoms. The summed E-state index contributed by atoms with van der Waals surface area (Å²) in [6.07, 6.45) is 7.81. The molecule has 1 aliphatic rings. The first-order valence-corrected chi connectivity index (χ1v) is 5.84. The monoisotopic (exact) mass is 230 g/mol. The normalized spacial score (nSPS) is 24.1. The van der Waals surface area contributed by atoms with Crippen molar-refractivity contribution in [3.63, 3.8) is 0 Å². The van der Waals surface area contributed by atoms with Crippen LogP contribution in [0.4, 0.5) is 5.82 Å². The maximum atomic E-state index is 9.80. The van der Waals surface area contributed by atoms with Gasteiger partial charge in [-0.3, -0.25) is 4.98 Å². The Hall–Kier alpha value is -1.75. The average molecular weight is 230 g/mol. The Morgan fingerprint density at radius 3 is 3.06 bits per heavy atom. The van der Waals surface area contributed by atoms with E-state index in [-0.39, 0.29) is 12.1 Å². The summed E-state index contributed by atoms with van der Waals surface area (Å²) >= 11 is 0. The van der Waals surface area contributed by atoms with E-state index in [4.69, 9.17) is 0 Å². The lowest BCUT2D eigenvalue weighted by molar-refractivity contribution is 0.171. The Balaban J connectivity index is 1.94. The summed E-state index contributed by atoms with van der Waals surface area (Å²) in [4.78, 5) is 4.10. The van der Waals surface area contributed by atoms with Gasteiger partial charge in [0.1, 0.15) is 0 Å². The molecule has 1 saturated carbocycles. The fourth-order valence-electron chi connectivity index (χ4n) is 2.31. The van der Waals surface area contributed by atoms with Gasteiger partial charge < -0.3 is 10.4 Å². The highest BCUT2D eigenvalue weighted by Gasteiger charge is 2.25. The minimum Gasteiger partial charge on any atom is -0.391 e. The lowest BCUT2D eigenvalue weighted by Gasteiger charge is -2.17. The smallest absolute Gasteiger partial charge is 0.158 e. The third-order valence-corrected chi connectivity index (χ3v) is 3.27. The van der Waals surface area contributed by atoms with E-state index in [2.05, 4.69) is 20.5 Å². The summed E-state index contributed by atoms with van der Waals surface area (Å²) in [5.74, 6) is 0.710. The van der Waals surface area contributed by atoms with E-state index < -0.39 is 0 Å². The lowest BCUT2D eigenvalue weighted by Crippen LogP contribution is -2.28. The summed E-state index contributed by atoms with van der Waals surface area (Å²) in [7, 11) is 0. The molecule has 0 amide bonds. The first-order valence-electron chi connectivity index (χ1n) is 5.84. The summed E-state index contributed by atoms with van der Waals surface area (Å²) in [6.45, 7) is 0. The van der Waals surface area contributed by atoms with Crippen LogP contribution in [0.25, 0.3) is 10.8 Å². The van der Waals surface area contributed by atoms with Crippen LogP contribution in [-0.2, 0) is 0 Å². The molecule has 1 aliphatic carbocycles. The molecule has 3 rings (SSSR count). The van der Waals surface area contributed by atoms with Crippen molar-refractivity contribution in [2.45, 2.75) is 31.4 Å². The van der Waals surface area contributed by atoms with Crippen LogP contribution in [0.1, 0.15) is 19.3 Å². The van der Waals surface area contributed by atoms with Crippen LogP contribution < -0.4 is 5.32 Å². The number of nitrogens with one attached hydrogen (secondary N) is 1. The number of hydrogen-bond donors (Lipinski definition) is 2. The fraction of sp³-hybridized carbons (Fsp3) is 0.417. The van der Waals surface area contributed by atoms with Crippen molar-refractivity contribution in [1.82, 2.24) is 15.2 Å². The van der Waals surface area contributed by atoms with Crippen molar-refractivity contribution in [1.29, 1.82) is 0 Å². The molecule has 0 spiro atoms. The second kappa shape index (κ2) is 4.25. The molecule has 2 heterocycles. The highest BCUT2D eigenvalue weighted by atomic mass is 16.3. The van der Waals surface area contributed by atoms with Gasteiger partial charge in [-0.25, -0.2) is 0 Å². The molecule has 2 atom stereocenters. The van der Waals surface area contributed by atoms with Crippen LogP contribution in [0.15, 0.2) is 24.7 Å². The third-order valence-electron chi connectivity index (χ3n) is 3.27. The summed E-state index contributed by atoms with van der Waals surface area (Å²) < 4.78 is 0. The molecule has 2 N–H and O–H groups in total. The van der Waals surface area contributed by atoms with Gasteiger partial charge in [0.2, 0.25) is 0 Å². The number of aromatic nitrogens is 3. The molecule has 2 aromatic rings. The van der Waals surface area contributed by atoms with E-state index in [0.717, 1.165) is 30.0 Å². The molecular formula is C12H14N4O. The first-order chi connectivity index (χ1) is 8.34. The summed E-state index contributed by atoms with van der Waals surface area (Å²) in [6, 6.07) is 1.98. The van der Waals surface area contributed by atoms with Gasteiger partial charge >= 0.3 is 0 Å². The number of fused-ring (bicyclic) bond motifs is 1.